The van der Waals surface area contributed by atoms with Crippen molar-refractivity contribution in [3.05, 3.63) is 21.9 Å². The summed E-state index contributed by atoms with van der Waals surface area (Å²) in [5.41, 5.74) is 0.408. The number of methoxy groups -OCH3 is 1. The summed E-state index contributed by atoms with van der Waals surface area (Å²) in [4.78, 5) is 4.36. The number of ether oxygens (including phenoxy) is 1. The maximum atomic E-state index is 13.5. The molecule has 1 aromatic carbocycles. The van der Waals surface area contributed by atoms with Gasteiger partial charge in [0.15, 0.2) is 11.5 Å². The second-order valence-corrected chi connectivity index (χ2v) is 3.69. The largest absolute Gasteiger partial charge is 0.505 e. The van der Waals surface area contributed by atoms with Gasteiger partial charge in [-0.2, -0.15) is 4.39 Å². The number of aromatic hydroxyl groups is 1. The summed E-state index contributed by atoms with van der Waals surface area (Å²) in [6, 6.07) is 1.57. The minimum atomic E-state index is -0.793. The molecule has 0 unspecified atom stereocenters. The number of nitrogens with two attached hydrogens (primary N) is 1. The number of hydrogen-bond donors (Lipinski definition) is 2. The summed E-state index contributed by atoms with van der Waals surface area (Å²) in [5.74, 6) is 3.59. The van der Waals surface area contributed by atoms with Gasteiger partial charge in [0.05, 0.1) is 18.2 Å². The van der Waals surface area contributed by atoms with Crippen LogP contribution in [0.3, 0.4) is 0 Å². The van der Waals surface area contributed by atoms with Crippen molar-refractivity contribution < 1.29 is 19.1 Å². The van der Waals surface area contributed by atoms with E-state index in [4.69, 9.17) is 10.6 Å². The Morgan fingerprint density at radius 2 is 2.27 bits per heavy atom. The Morgan fingerprint density at radius 1 is 1.60 bits per heavy atom. The van der Waals surface area contributed by atoms with Crippen molar-refractivity contribution in [2.75, 3.05) is 13.7 Å². The van der Waals surface area contributed by atoms with E-state index in [0.29, 0.717) is 16.5 Å². The third-order valence-corrected chi connectivity index (χ3v) is 2.51. The fourth-order valence-electron chi connectivity index (χ4n) is 1.19. The first kappa shape index (κ1) is 12.2. The second-order valence-electron chi connectivity index (χ2n) is 2.83. The summed E-state index contributed by atoms with van der Waals surface area (Å²) in [6.07, 6.45) is 0.321. The zero-order valence-corrected chi connectivity index (χ0v) is 9.67. The molecule has 0 spiro atoms. The number of benzene rings is 1. The molecule has 1 rings (SSSR count). The predicted octanol–water partition coefficient (Wildman–Crippen LogP) is 1.74. The van der Waals surface area contributed by atoms with Gasteiger partial charge in [-0.05, 0) is 22.0 Å². The summed E-state index contributed by atoms with van der Waals surface area (Å²) < 4.78 is 18.7. The first-order valence-corrected chi connectivity index (χ1v) is 4.96. The van der Waals surface area contributed by atoms with Crippen LogP contribution >= 0.6 is 15.9 Å². The molecular weight excluding hydrogens is 269 g/mol. The van der Waals surface area contributed by atoms with E-state index in [-0.39, 0.29) is 12.4 Å². The van der Waals surface area contributed by atoms with Gasteiger partial charge in [-0.3, -0.25) is 0 Å². The van der Waals surface area contributed by atoms with Crippen molar-refractivity contribution >= 4 is 15.9 Å². The minimum Gasteiger partial charge on any atom is -0.505 e. The SMILES string of the molecule is COc1c(Br)cc(CCON)c(O)c1F. The van der Waals surface area contributed by atoms with Crippen molar-refractivity contribution in [2.24, 2.45) is 5.90 Å². The molecule has 0 saturated heterocycles. The van der Waals surface area contributed by atoms with Crippen LogP contribution in [0.4, 0.5) is 4.39 Å². The Balaban J connectivity index is 3.10. The molecule has 0 fully saturated rings. The van der Waals surface area contributed by atoms with Crippen molar-refractivity contribution in [1.29, 1.82) is 0 Å². The first-order valence-electron chi connectivity index (χ1n) is 4.17. The molecule has 0 bridgehead atoms. The number of hydrogen-bond acceptors (Lipinski definition) is 4. The van der Waals surface area contributed by atoms with Crippen molar-refractivity contribution in [3.63, 3.8) is 0 Å². The average Bonchev–Trinajstić information content (AvgIpc) is 2.22. The van der Waals surface area contributed by atoms with Crippen LogP contribution in [0.2, 0.25) is 0 Å². The van der Waals surface area contributed by atoms with Gasteiger partial charge in [-0.25, -0.2) is 5.90 Å². The first-order chi connectivity index (χ1) is 7.11. The van der Waals surface area contributed by atoms with Crippen LogP contribution < -0.4 is 10.6 Å². The smallest absolute Gasteiger partial charge is 0.208 e. The van der Waals surface area contributed by atoms with Crippen LogP contribution in [0.5, 0.6) is 11.5 Å². The maximum absolute atomic E-state index is 13.5. The highest BCUT2D eigenvalue weighted by molar-refractivity contribution is 9.10. The summed E-state index contributed by atoms with van der Waals surface area (Å²) in [5, 5.41) is 9.49. The molecule has 0 saturated carbocycles. The Hall–Kier alpha value is -0.850. The lowest BCUT2D eigenvalue weighted by atomic mass is 10.1. The topological polar surface area (TPSA) is 64.7 Å². The second kappa shape index (κ2) is 5.29. The lowest BCUT2D eigenvalue weighted by Crippen LogP contribution is -2.04. The molecule has 0 radical (unpaired) electrons. The Bertz CT molecular complexity index is 360. The fraction of sp³-hybridized carbons (Fsp3) is 0.333. The average molecular weight is 280 g/mol. The molecule has 1 aromatic rings. The highest BCUT2D eigenvalue weighted by atomic mass is 79.9. The Morgan fingerprint density at radius 3 is 2.80 bits per heavy atom. The molecule has 0 aliphatic carbocycles. The number of phenols is 1. The monoisotopic (exact) mass is 279 g/mol. The van der Waals surface area contributed by atoms with E-state index < -0.39 is 11.6 Å². The molecule has 15 heavy (non-hydrogen) atoms. The highest BCUT2D eigenvalue weighted by Crippen LogP contribution is 2.36. The van der Waals surface area contributed by atoms with Crippen LogP contribution in [0.15, 0.2) is 10.5 Å². The van der Waals surface area contributed by atoms with E-state index in [0.717, 1.165) is 0 Å². The van der Waals surface area contributed by atoms with E-state index in [9.17, 15) is 9.50 Å². The zero-order chi connectivity index (χ0) is 11.4. The normalized spacial score (nSPS) is 10.4. The van der Waals surface area contributed by atoms with Gasteiger partial charge < -0.3 is 14.7 Å². The molecule has 0 amide bonds. The van der Waals surface area contributed by atoms with Gasteiger partial charge >= 0.3 is 0 Å². The van der Waals surface area contributed by atoms with Crippen LogP contribution in [-0.2, 0) is 11.3 Å². The van der Waals surface area contributed by atoms with Gasteiger partial charge in [-0.1, -0.05) is 0 Å². The third kappa shape index (κ3) is 2.58. The van der Waals surface area contributed by atoms with E-state index >= 15 is 0 Å². The zero-order valence-electron chi connectivity index (χ0n) is 8.09. The number of rotatable bonds is 4. The van der Waals surface area contributed by atoms with Gasteiger partial charge in [-0.15, -0.1) is 0 Å². The summed E-state index contributed by atoms with van der Waals surface area (Å²) >= 11 is 3.14. The lowest BCUT2D eigenvalue weighted by molar-refractivity contribution is 0.140. The third-order valence-electron chi connectivity index (χ3n) is 1.92. The van der Waals surface area contributed by atoms with Gasteiger partial charge in [0.25, 0.3) is 0 Å². The summed E-state index contributed by atoms with van der Waals surface area (Å²) in [6.45, 7) is 0.200. The molecule has 4 nitrogen and oxygen atoms in total. The standard InChI is InChI=1S/C9H11BrFNO3/c1-14-9-6(10)4-5(2-3-15-12)8(13)7(9)11/h4,13H,2-3,12H2,1H3. The van der Waals surface area contributed by atoms with Crippen molar-refractivity contribution in [3.8, 4) is 11.5 Å². The number of halogens is 2. The van der Waals surface area contributed by atoms with Crippen LogP contribution in [0, 0.1) is 5.82 Å². The molecule has 0 aliphatic heterocycles. The molecule has 3 N–H and O–H groups in total. The molecular formula is C9H11BrFNO3. The van der Waals surface area contributed by atoms with Crippen molar-refractivity contribution in [1.82, 2.24) is 0 Å². The van der Waals surface area contributed by atoms with Gasteiger partial charge in [0.2, 0.25) is 5.82 Å². The van der Waals surface area contributed by atoms with Crippen LogP contribution in [-0.4, -0.2) is 18.8 Å². The van der Waals surface area contributed by atoms with Crippen LogP contribution in [0.1, 0.15) is 5.56 Å². The Labute approximate surface area is 94.9 Å². The Kier molecular flexibility index (Phi) is 4.31. The van der Waals surface area contributed by atoms with E-state index in [1.54, 1.807) is 6.07 Å². The van der Waals surface area contributed by atoms with Gasteiger partial charge in [0.1, 0.15) is 0 Å². The fourth-order valence-corrected chi connectivity index (χ4v) is 1.80. The minimum absolute atomic E-state index is 0.0232. The molecule has 0 heterocycles. The van der Waals surface area contributed by atoms with Crippen LogP contribution in [0.25, 0.3) is 0 Å². The molecule has 0 atom stereocenters. The molecule has 0 aromatic heterocycles. The molecule has 84 valence electrons. The van der Waals surface area contributed by atoms with E-state index in [1.165, 1.54) is 7.11 Å². The maximum Gasteiger partial charge on any atom is 0.208 e. The quantitative estimate of drug-likeness (QED) is 0.824. The van der Waals surface area contributed by atoms with Gasteiger partial charge in [0, 0.05) is 12.0 Å². The molecule has 6 heteroatoms. The summed E-state index contributed by atoms with van der Waals surface area (Å²) in [7, 11) is 1.32. The lowest BCUT2D eigenvalue weighted by Gasteiger charge is -2.10. The van der Waals surface area contributed by atoms with E-state index in [2.05, 4.69) is 20.8 Å². The predicted molar refractivity (Wildman–Crippen MR) is 56.2 cm³/mol. The van der Waals surface area contributed by atoms with E-state index in [1.807, 2.05) is 0 Å². The van der Waals surface area contributed by atoms with Crippen molar-refractivity contribution in [2.45, 2.75) is 6.42 Å². The highest BCUT2D eigenvalue weighted by Gasteiger charge is 2.16. The number of phenolic OH excluding ortho intramolecular Hbond substituents is 1. The molecule has 0 aliphatic rings.